The molecule has 0 radical (unpaired) electrons. The summed E-state index contributed by atoms with van der Waals surface area (Å²) in [6.07, 6.45) is 8.46. The van der Waals surface area contributed by atoms with E-state index in [1.54, 1.807) is 0 Å². The summed E-state index contributed by atoms with van der Waals surface area (Å²) >= 11 is 0. The van der Waals surface area contributed by atoms with Crippen LogP contribution in [0.1, 0.15) is 6.92 Å². The van der Waals surface area contributed by atoms with Crippen LogP contribution in [-0.4, -0.2) is 8.07 Å². The molecule has 0 amide bonds. The van der Waals surface area contributed by atoms with Gasteiger partial charge in [-0.3, -0.25) is 0 Å². The van der Waals surface area contributed by atoms with Crippen LogP contribution in [0.3, 0.4) is 0 Å². The maximum atomic E-state index is 4.19. The zero-order valence-electron chi connectivity index (χ0n) is 15.2. The molecule has 0 atom stereocenters. The number of allylic oxidation sites excluding steroid dienone is 5. The zero-order chi connectivity index (χ0) is 18.2. The van der Waals surface area contributed by atoms with Crippen molar-refractivity contribution in [3.63, 3.8) is 0 Å². The molecule has 3 aromatic carbocycles. The molecule has 3 aromatic rings. The predicted molar refractivity (Wildman–Crippen MR) is 117 cm³/mol. The largest absolute Gasteiger partial charge is 0.179 e. The van der Waals surface area contributed by atoms with Crippen LogP contribution in [0.2, 0.25) is 0 Å². The minimum Gasteiger partial charge on any atom is -0.0991 e. The van der Waals surface area contributed by atoms with Gasteiger partial charge in [-0.05, 0) is 27.7 Å². The molecule has 0 fully saturated rings. The molecule has 128 valence electrons. The fourth-order valence-corrected chi connectivity index (χ4v) is 8.34. The molecule has 0 saturated carbocycles. The number of rotatable bonds is 6. The zero-order valence-corrected chi connectivity index (χ0v) is 16.2. The fourth-order valence-electron chi connectivity index (χ4n) is 3.61. The van der Waals surface area contributed by atoms with Crippen LogP contribution in [0, 0.1) is 0 Å². The van der Waals surface area contributed by atoms with E-state index in [1.165, 1.54) is 20.8 Å². The van der Waals surface area contributed by atoms with Gasteiger partial charge in [-0.25, -0.2) is 0 Å². The Bertz CT molecular complexity index is 794. The Morgan fingerprint density at radius 2 is 1.08 bits per heavy atom. The molecule has 0 saturated heterocycles. The smallest absolute Gasteiger partial charge is 0.0991 e. The van der Waals surface area contributed by atoms with Crippen molar-refractivity contribution in [1.82, 2.24) is 0 Å². The Kier molecular flexibility index (Phi) is 5.83. The molecule has 0 aliphatic carbocycles. The third kappa shape index (κ3) is 3.26. The first kappa shape index (κ1) is 17.9. The van der Waals surface area contributed by atoms with Crippen LogP contribution in [-0.2, 0) is 0 Å². The highest BCUT2D eigenvalue weighted by Gasteiger charge is 2.41. The summed E-state index contributed by atoms with van der Waals surface area (Å²) in [5.41, 5.74) is 0. The van der Waals surface area contributed by atoms with Gasteiger partial charge in [-0.2, -0.15) is 0 Å². The molecule has 0 N–H and O–H groups in total. The van der Waals surface area contributed by atoms with Crippen LogP contribution in [0.25, 0.3) is 0 Å². The van der Waals surface area contributed by atoms with E-state index in [9.17, 15) is 0 Å². The monoisotopic (exact) mass is 352 g/mol. The van der Waals surface area contributed by atoms with Crippen LogP contribution >= 0.6 is 0 Å². The highest BCUT2D eigenvalue weighted by atomic mass is 28.3. The van der Waals surface area contributed by atoms with E-state index in [1.807, 2.05) is 13.0 Å². The minimum atomic E-state index is -2.40. The SMILES string of the molecule is C=C/C(=C\C=C/C)[Si](c1ccccc1)(c1ccccc1)c1ccccc1. The van der Waals surface area contributed by atoms with Gasteiger partial charge in [-0.1, -0.05) is 122 Å². The van der Waals surface area contributed by atoms with Gasteiger partial charge in [0, 0.05) is 0 Å². The second kappa shape index (κ2) is 8.46. The van der Waals surface area contributed by atoms with E-state index in [4.69, 9.17) is 0 Å². The van der Waals surface area contributed by atoms with Gasteiger partial charge in [0.2, 0.25) is 0 Å². The summed E-state index contributed by atoms with van der Waals surface area (Å²) in [4.78, 5) is 0. The maximum Gasteiger partial charge on any atom is 0.179 e. The van der Waals surface area contributed by atoms with Gasteiger partial charge in [-0.15, -0.1) is 0 Å². The quantitative estimate of drug-likeness (QED) is 0.351. The van der Waals surface area contributed by atoms with E-state index in [0.29, 0.717) is 0 Å². The molecule has 0 unspecified atom stereocenters. The van der Waals surface area contributed by atoms with Crippen molar-refractivity contribution in [2.75, 3.05) is 0 Å². The Labute approximate surface area is 157 Å². The number of hydrogen-bond donors (Lipinski definition) is 0. The van der Waals surface area contributed by atoms with Gasteiger partial charge in [0.15, 0.2) is 8.07 Å². The van der Waals surface area contributed by atoms with Crippen LogP contribution < -0.4 is 15.6 Å². The van der Waals surface area contributed by atoms with Crippen LogP contribution in [0.5, 0.6) is 0 Å². The molecule has 0 spiro atoms. The lowest BCUT2D eigenvalue weighted by Crippen LogP contribution is -2.68. The van der Waals surface area contributed by atoms with Gasteiger partial charge in [0.1, 0.15) is 0 Å². The van der Waals surface area contributed by atoms with Crippen molar-refractivity contribution in [3.8, 4) is 0 Å². The fraction of sp³-hybridized carbons (Fsp3) is 0.0400. The summed E-state index contributed by atoms with van der Waals surface area (Å²) in [7, 11) is -2.40. The van der Waals surface area contributed by atoms with E-state index in [-0.39, 0.29) is 0 Å². The van der Waals surface area contributed by atoms with E-state index in [2.05, 4.69) is 116 Å². The molecular weight excluding hydrogens is 328 g/mol. The van der Waals surface area contributed by atoms with Gasteiger partial charge in [0.25, 0.3) is 0 Å². The first-order valence-corrected chi connectivity index (χ1v) is 11.0. The molecule has 0 bridgehead atoms. The Balaban J connectivity index is 2.45. The molecule has 0 aromatic heterocycles. The topological polar surface area (TPSA) is 0 Å². The van der Waals surface area contributed by atoms with E-state index >= 15 is 0 Å². The van der Waals surface area contributed by atoms with Crippen molar-refractivity contribution in [3.05, 3.63) is 127 Å². The molecule has 0 heterocycles. The Morgan fingerprint density at radius 3 is 1.38 bits per heavy atom. The minimum absolute atomic E-state index is 1.29. The first-order chi connectivity index (χ1) is 12.8. The average molecular weight is 353 g/mol. The standard InChI is InChI=1S/C25H24Si/c1-3-5-15-22(4-2)26(23-16-9-6-10-17-23,24-18-11-7-12-19-24)25-20-13-8-14-21-25/h3-21H,2H2,1H3/b5-3-,22-15+. The summed E-state index contributed by atoms with van der Waals surface area (Å²) in [6.45, 7) is 6.24. The van der Waals surface area contributed by atoms with Crippen LogP contribution in [0.15, 0.2) is 127 Å². The molecule has 0 nitrogen and oxygen atoms in total. The molecule has 0 aliphatic rings. The first-order valence-electron chi connectivity index (χ1n) is 8.96. The van der Waals surface area contributed by atoms with Crippen molar-refractivity contribution >= 4 is 23.6 Å². The van der Waals surface area contributed by atoms with Crippen LogP contribution in [0.4, 0.5) is 0 Å². The molecule has 0 aliphatic heterocycles. The number of hydrogen-bond acceptors (Lipinski definition) is 0. The summed E-state index contributed by atoms with van der Waals surface area (Å²) < 4.78 is 0. The lowest BCUT2D eigenvalue weighted by molar-refractivity contribution is 1.64. The predicted octanol–water partition coefficient (Wildman–Crippen LogP) is 4.38. The van der Waals surface area contributed by atoms with E-state index < -0.39 is 8.07 Å². The average Bonchev–Trinajstić information content (AvgIpc) is 2.73. The summed E-state index contributed by atoms with van der Waals surface area (Å²) in [5, 5.41) is 5.40. The van der Waals surface area contributed by atoms with Crippen molar-refractivity contribution in [2.45, 2.75) is 6.92 Å². The maximum absolute atomic E-state index is 4.19. The normalized spacial score (nSPS) is 12.3. The van der Waals surface area contributed by atoms with Gasteiger partial charge < -0.3 is 0 Å². The highest BCUT2D eigenvalue weighted by Crippen LogP contribution is 2.18. The molecular formula is C25H24Si. The second-order valence-corrected chi connectivity index (χ2v) is 10.0. The summed E-state index contributed by atoms with van der Waals surface area (Å²) in [6, 6.07) is 32.7. The molecule has 26 heavy (non-hydrogen) atoms. The third-order valence-electron chi connectivity index (χ3n) is 4.74. The number of benzene rings is 3. The third-order valence-corrected chi connectivity index (χ3v) is 9.58. The lowest BCUT2D eigenvalue weighted by Gasteiger charge is -2.35. The summed E-state index contributed by atoms with van der Waals surface area (Å²) in [5.74, 6) is 0. The Morgan fingerprint density at radius 1 is 0.692 bits per heavy atom. The highest BCUT2D eigenvalue weighted by molar-refractivity contribution is 7.16. The Hall–Kier alpha value is -2.90. The second-order valence-electron chi connectivity index (χ2n) is 6.20. The van der Waals surface area contributed by atoms with Crippen molar-refractivity contribution < 1.29 is 0 Å². The van der Waals surface area contributed by atoms with Crippen molar-refractivity contribution in [1.29, 1.82) is 0 Å². The van der Waals surface area contributed by atoms with Gasteiger partial charge in [0.05, 0.1) is 0 Å². The van der Waals surface area contributed by atoms with E-state index in [0.717, 1.165) is 0 Å². The lowest BCUT2D eigenvalue weighted by atomic mass is 10.3. The van der Waals surface area contributed by atoms with Crippen molar-refractivity contribution in [2.24, 2.45) is 0 Å². The molecule has 3 rings (SSSR count). The van der Waals surface area contributed by atoms with Gasteiger partial charge >= 0.3 is 0 Å². The molecule has 1 heteroatoms.